The van der Waals surface area contributed by atoms with Gasteiger partial charge in [-0.25, -0.2) is 14.4 Å². The highest BCUT2D eigenvalue weighted by Gasteiger charge is 2.51. The molecule has 0 aromatic heterocycles. The molecule has 1 heterocycles. The lowest BCUT2D eigenvalue weighted by Gasteiger charge is -2.43. The van der Waals surface area contributed by atoms with Gasteiger partial charge in [-0.2, -0.15) is 0 Å². The Morgan fingerprint density at radius 3 is 1.68 bits per heavy atom. The van der Waals surface area contributed by atoms with Gasteiger partial charge in [-0.3, -0.25) is 0 Å². The highest BCUT2D eigenvalue weighted by Crippen LogP contribution is 2.29. The van der Waals surface area contributed by atoms with Gasteiger partial charge in [0.25, 0.3) is 0 Å². The van der Waals surface area contributed by atoms with Crippen LogP contribution in [-0.2, 0) is 23.7 Å². The zero-order valence-corrected chi connectivity index (χ0v) is 24.9. The van der Waals surface area contributed by atoms with E-state index in [1.54, 1.807) is 91.0 Å². The lowest BCUT2D eigenvalue weighted by Crippen LogP contribution is -2.62. The van der Waals surface area contributed by atoms with E-state index in [9.17, 15) is 19.5 Å². The van der Waals surface area contributed by atoms with E-state index in [1.165, 1.54) is 6.42 Å². The molecule has 1 aliphatic rings. The number of benzene rings is 3. The molecule has 0 radical (unpaired) electrons. The number of unbranched alkanes of at least 4 members (excludes halogenated alkanes) is 5. The molecular formula is C35H40O9. The third-order valence-electron chi connectivity index (χ3n) is 7.29. The monoisotopic (exact) mass is 604 g/mol. The molecule has 0 spiro atoms. The number of hydrogen-bond donors (Lipinski definition) is 1. The van der Waals surface area contributed by atoms with Gasteiger partial charge in [0, 0.05) is 6.61 Å². The Kier molecular flexibility index (Phi) is 12.9. The summed E-state index contributed by atoms with van der Waals surface area (Å²) < 4.78 is 29.2. The van der Waals surface area contributed by atoms with Gasteiger partial charge in [0.15, 0.2) is 18.5 Å². The molecule has 0 aliphatic carbocycles. The third-order valence-corrected chi connectivity index (χ3v) is 7.29. The van der Waals surface area contributed by atoms with Gasteiger partial charge in [-0.1, -0.05) is 93.6 Å². The molecule has 0 saturated carbocycles. The second-order valence-electron chi connectivity index (χ2n) is 10.6. The van der Waals surface area contributed by atoms with Crippen LogP contribution < -0.4 is 0 Å². The summed E-state index contributed by atoms with van der Waals surface area (Å²) in [6, 6.07) is 24.9. The van der Waals surface area contributed by atoms with Crippen molar-refractivity contribution in [1.29, 1.82) is 0 Å². The van der Waals surface area contributed by atoms with Crippen LogP contribution in [0, 0.1) is 0 Å². The molecule has 9 heteroatoms. The van der Waals surface area contributed by atoms with E-state index in [2.05, 4.69) is 6.92 Å². The van der Waals surface area contributed by atoms with Crippen LogP contribution in [0.3, 0.4) is 0 Å². The normalized spacial score (nSPS) is 21.3. The summed E-state index contributed by atoms with van der Waals surface area (Å²) >= 11 is 0. The van der Waals surface area contributed by atoms with E-state index in [0.29, 0.717) is 5.56 Å². The number of carbonyl (C=O) groups is 3. The van der Waals surface area contributed by atoms with E-state index in [1.807, 2.05) is 0 Å². The number of aliphatic hydroxyl groups is 1. The summed E-state index contributed by atoms with van der Waals surface area (Å²) in [7, 11) is 0. The standard InChI is InChI=1S/C35H40O9/c1-2-3-4-5-6-16-23-40-35-29(36)31(44-34(39)27-21-14-9-15-22-27)30(43-33(38)26-19-12-8-13-20-26)28(42-35)24-41-32(37)25-17-10-7-11-18-25/h7-15,17-22,28-31,35-36H,2-6,16,23-24H2,1H3/t28?,29?,30-,31+,35+/m1/s1. The Balaban J connectivity index is 1.56. The molecule has 9 nitrogen and oxygen atoms in total. The molecule has 1 fully saturated rings. The summed E-state index contributed by atoms with van der Waals surface area (Å²) in [4.78, 5) is 39.2. The molecule has 4 rings (SSSR count). The van der Waals surface area contributed by atoms with Gasteiger partial charge in [-0.15, -0.1) is 0 Å². The van der Waals surface area contributed by atoms with Gasteiger partial charge < -0.3 is 28.8 Å². The zero-order chi connectivity index (χ0) is 31.1. The van der Waals surface area contributed by atoms with E-state index in [4.69, 9.17) is 23.7 Å². The van der Waals surface area contributed by atoms with E-state index in [-0.39, 0.29) is 24.3 Å². The van der Waals surface area contributed by atoms with E-state index in [0.717, 1.165) is 32.1 Å². The maximum atomic E-state index is 13.2. The van der Waals surface area contributed by atoms with Crippen molar-refractivity contribution in [2.45, 2.75) is 76.2 Å². The predicted octanol–water partition coefficient (Wildman–Crippen LogP) is 5.76. The first kappa shape index (κ1) is 32.9. The average molecular weight is 605 g/mol. The van der Waals surface area contributed by atoms with E-state index >= 15 is 0 Å². The third kappa shape index (κ3) is 9.47. The van der Waals surface area contributed by atoms with E-state index < -0.39 is 48.6 Å². The lowest BCUT2D eigenvalue weighted by molar-refractivity contribution is -0.299. The summed E-state index contributed by atoms with van der Waals surface area (Å²) in [5, 5.41) is 11.4. The van der Waals surface area contributed by atoms with Crippen molar-refractivity contribution in [3.05, 3.63) is 108 Å². The first-order valence-electron chi connectivity index (χ1n) is 15.2. The molecule has 3 aromatic carbocycles. The molecule has 1 N–H and O–H groups in total. The first-order chi connectivity index (χ1) is 21.5. The van der Waals surface area contributed by atoms with Crippen molar-refractivity contribution in [2.24, 2.45) is 0 Å². The Hall–Kier alpha value is -4.05. The summed E-state index contributed by atoms with van der Waals surface area (Å²) in [6.07, 6.45) is -0.360. The smallest absolute Gasteiger partial charge is 0.338 e. The number of rotatable bonds is 15. The zero-order valence-electron chi connectivity index (χ0n) is 24.9. The average Bonchev–Trinajstić information content (AvgIpc) is 3.07. The SMILES string of the molecule is CCCCCCCCO[C@H]1OC(COC(=O)c2ccccc2)[C@@H](OC(=O)c2ccccc2)[C@@H](OC(=O)c2ccccc2)C1O. The Morgan fingerprint density at radius 2 is 1.14 bits per heavy atom. The molecule has 234 valence electrons. The minimum atomic E-state index is -1.50. The largest absolute Gasteiger partial charge is 0.459 e. The highest BCUT2D eigenvalue weighted by molar-refractivity contribution is 5.90. The number of aliphatic hydroxyl groups excluding tert-OH is 1. The van der Waals surface area contributed by atoms with Crippen molar-refractivity contribution >= 4 is 17.9 Å². The molecular weight excluding hydrogens is 564 g/mol. The molecule has 5 atom stereocenters. The minimum absolute atomic E-state index is 0.246. The fourth-order valence-corrected chi connectivity index (χ4v) is 4.87. The van der Waals surface area contributed by atoms with Crippen molar-refractivity contribution < 1.29 is 43.2 Å². The molecule has 1 saturated heterocycles. The van der Waals surface area contributed by atoms with Gasteiger partial charge in [0.05, 0.1) is 16.7 Å². The van der Waals surface area contributed by atoms with Crippen LogP contribution in [0.4, 0.5) is 0 Å². The lowest BCUT2D eigenvalue weighted by atomic mass is 9.98. The number of hydrogen-bond acceptors (Lipinski definition) is 9. The van der Waals surface area contributed by atoms with Crippen molar-refractivity contribution in [2.75, 3.05) is 13.2 Å². The van der Waals surface area contributed by atoms with Gasteiger partial charge in [0.1, 0.15) is 18.8 Å². The van der Waals surface area contributed by atoms with Crippen LogP contribution in [0.2, 0.25) is 0 Å². The highest BCUT2D eigenvalue weighted by atomic mass is 16.7. The van der Waals surface area contributed by atoms with Crippen LogP contribution in [-0.4, -0.2) is 66.9 Å². The van der Waals surface area contributed by atoms with Gasteiger partial charge in [0.2, 0.25) is 0 Å². The fourth-order valence-electron chi connectivity index (χ4n) is 4.87. The van der Waals surface area contributed by atoms with Gasteiger partial charge in [-0.05, 0) is 42.8 Å². The fraction of sp³-hybridized carbons (Fsp3) is 0.400. The minimum Gasteiger partial charge on any atom is -0.459 e. The van der Waals surface area contributed by atoms with Crippen LogP contribution in [0.25, 0.3) is 0 Å². The molecule has 2 unspecified atom stereocenters. The Bertz CT molecular complexity index is 1300. The molecule has 44 heavy (non-hydrogen) atoms. The molecule has 0 amide bonds. The van der Waals surface area contributed by atoms with Crippen LogP contribution >= 0.6 is 0 Å². The molecule has 1 aliphatic heterocycles. The maximum Gasteiger partial charge on any atom is 0.338 e. The Labute approximate surface area is 258 Å². The second-order valence-corrected chi connectivity index (χ2v) is 10.6. The summed E-state index contributed by atoms with van der Waals surface area (Å²) in [5.41, 5.74) is 0.816. The number of carbonyl (C=O) groups excluding carboxylic acids is 3. The maximum absolute atomic E-state index is 13.2. The van der Waals surface area contributed by atoms with Crippen LogP contribution in [0.1, 0.15) is 76.5 Å². The van der Waals surface area contributed by atoms with Crippen molar-refractivity contribution in [1.82, 2.24) is 0 Å². The summed E-state index contributed by atoms with van der Waals surface area (Å²) in [5.74, 6) is -2.07. The van der Waals surface area contributed by atoms with Crippen LogP contribution in [0.5, 0.6) is 0 Å². The van der Waals surface area contributed by atoms with Crippen molar-refractivity contribution in [3.8, 4) is 0 Å². The number of esters is 3. The Morgan fingerprint density at radius 1 is 0.659 bits per heavy atom. The molecule has 0 bridgehead atoms. The number of ether oxygens (including phenoxy) is 5. The second kappa shape index (κ2) is 17.3. The van der Waals surface area contributed by atoms with Crippen LogP contribution in [0.15, 0.2) is 91.0 Å². The quantitative estimate of drug-likeness (QED) is 0.131. The van der Waals surface area contributed by atoms with Crippen molar-refractivity contribution in [3.63, 3.8) is 0 Å². The molecule has 3 aromatic rings. The predicted molar refractivity (Wildman–Crippen MR) is 162 cm³/mol. The van der Waals surface area contributed by atoms with Gasteiger partial charge >= 0.3 is 17.9 Å². The summed E-state index contributed by atoms with van der Waals surface area (Å²) in [6.45, 7) is 2.09. The first-order valence-corrected chi connectivity index (χ1v) is 15.2. The topological polar surface area (TPSA) is 118 Å².